The van der Waals surface area contributed by atoms with Gasteiger partial charge in [-0.3, -0.25) is 0 Å². The van der Waals surface area contributed by atoms with Gasteiger partial charge in [0, 0.05) is 44.7 Å². The minimum Gasteiger partial charge on any atom is -0.370 e. The second-order valence-corrected chi connectivity index (χ2v) is 5.96. The molecular weight excluding hydrogens is 250 g/mol. The summed E-state index contributed by atoms with van der Waals surface area (Å²) in [6.45, 7) is 7.50. The Morgan fingerprint density at radius 3 is 2.60 bits per heavy atom. The Morgan fingerprint density at radius 2 is 1.95 bits per heavy atom. The van der Waals surface area contributed by atoms with Crippen molar-refractivity contribution in [3.63, 3.8) is 0 Å². The molecule has 0 bridgehead atoms. The smallest absolute Gasteiger partial charge is 0.136 e. The third-order valence-corrected chi connectivity index (χ3v) is 4.06. The average molecular weight is 275 g/mol. The lowest BCUT2D eigenvalue weighted by molar-refractivity contribution is 0.312. The molecule has 110 valence electrons. The SMILES string of the molecule is CCCNc1cc(N2CCN(C)CC2)nc(C2CC2)n1. The largest absolute Gasteiger partial charge is 0.370 e. The van der Waals surface area contributed by atoms with Crippen LogP contribution in [0.1, 0.15) is 37.9 Å². The first-order valence-corrected chi connectivity index (χ1v) is 7.82. The maximum atomic E-state index is 4.81. The van der Waals surface area contributed by atoms with Crippen LogP contribution < -0.4 is 10.2 Å². The van der Waals surface area contributed by atoms with Crippen molar-refractivity contribution in [3.8, 4) is 0 Å². The quantitative estimate of drug-likeness (QED) is 0.889. The Hall–Kier alpha value is -1.36. The van der Waals surface area contributed by atoms with Crippen LogP contribution in [0.5, 0.6) is 0 Å². The van der Waals surface area contributed by atoms with Crippen LogP contribution in [0.4, 0.5) is 11.6 Å². The molecule has 1 aliphatic carbocycles. The van der Waals surface area contributed by atoms with Crippen molar-refractivity contribution in [2.24, 2.45) is 0 Å². The molecule has 2 fully saturated rings. The summed E-state index contributed by atoms with van der Waals surface area (Å²) >= 11 is 0. The van der Waals surface area contributed by atoms with Gasteiger partial charge in [-0.2, -0.15) is 0 Å². The first-order valence-electron chi connectivity index (χ1n) is 7.82. The van der Waals surface area contributed by atoms with Crippen molar-refractivity contribution in [1.82, 2.24) is 14.9 Å². The van der Waals surface area contributed by atoms with Crippen LogP contribution >= 0.6 is 0 Å². The lowest BCUT2D eigenvalue weighted by Gasteiger charge is -2.33. The molecule has 0 unspecified atom stereocenters. The van der Waals surface area contributed by atoms with Gasteiger partial charge in [-0.1, -0.05) is 6.92 Å². The summed E-state index contributed by atoms with van der Waals surface area (Å²) in [6.07, 6.45) is 3.62. The van der Waals surface area contributed by atoms with E-state index in [1.165, 1.54) is 12.8 Å². The zero-order valence-electron chi connectivity index (χ0n) is 12.6. The molecule has 0 amide bonds. The van der Waals surface area contributed by atoms with Crippen molar-refractivity contribution in [3.05, 3.63) is 11.9 Å². The molecule has 1 aromatic heterocycles. The minimum atomic E-state index is 0.601. The van der Waals surface area contributed by atoms with E-state index in [1.54, 1.807) is 0 Å². The van der Waals surface area contributed by atoms with Gasteiger partial charge in [-0.15, -0.1) is 0 Å². The molecule has 0 atom stereocenters. The number of likely N-dealkylation sites (N-methyl/N-ethyl adjacent to an activating group) is 1. The highest BCUT2D eigenvalue weighted by Gasteiger charge is 2.28. The summed E-state index contributed by atoms with van der Waals surface area (Å²) in [5.41, 5.74) is 0. The Morgan fingerprint density at radius 1 is 1.20 bits per heavy atom. The monoisotopic (exact) mass is 275 g/mol. The highest BCUT2D eigenvalue weighted by molar-refractivity contribution is 5.50. The molecule has 1 aliphatic heterocycles. The van der Waals surface area contributed by atoms with E-state index in [0.717, 1.165) is 56.6 Å². The summed E-state index contributed by atoms with van der Waals surface area (Å²) in [5.74, 6) is 3.75. The molecule has 0 aromatic carbocycles. The molecule has 5 nitrogen and oxygen atoms in total. The maximum Gasteiger partial charge on any atom is 0.136 e. The first-order chi connectivity index (χ1) is 9.76. The zero-order valence-corrected chi connectivity index (χ0v) is 12.6. The maximum absolute atomic E-state index is 4.81. The molecule has 1 N–H and O–H groups in total. The van der Waals surface area contributed by atoms with Crippen LogP contribution in [0.2, 0.25) is 0 Å². The van der Waals surface area contributed by atoms with Crippen LogP contribution in [0.15, 0.2) is 6.07 Å². The molecule has 0 radical (unpaired) electrons. The van der Waals surface area contributed by atoms with Crippen molar-refractivity contribution in [1.29, 1.82) is 0 Å². The molecule has 3 rings (SSSR count). The van der Waals surface area contributed by atoms with Crippen molar-refractivity contribution in [2.45, 2.75) is 32.1 Å². The van der Waals surface area contributed by atoms with Gasteiger partial charge >= 0.3 is 0 Å². The zero-order chi connectivity index (χ0) is 13.9. The van der Waals surface area contributed by atoms with Crippen molar-refractivity contribution in [2.75, 3.05) is 50.0 Å². The number of anilines is 2. The second-order valence-electron chi connectivity index (χ2n) is 5.96. The number of piperazine rings is 1. The van der Waals surface area contributed by atoms with Gasteiger partial charge in [0.2, 0.25) is 0 Å². The number of nitrogens with one attached hydrogen (secondary N) is 1. The molecule has 2 aliphatic rings. The number of rotatable bonds is 5. The molecular formula is C15H25N5. The van der Waals surface area contributed by atoms with Crippen LogP contribution in [0, 0.1) is 0 Å². The van der Waals surface area contributed by atoms with Crippen LogP contribution in [0.25, 0.3) is 0 Å². The van der Waals surface area contributed by atoms with Gasteiger partial charge < -0.3 is 15.1 Å². The summed E-state index contributed by atoms with van der Waals surface area (Å²) in [7, 11) is 2.18. The van der Waals surface area contributed by atoms with Gasteiger partial charge in [0.25, 0.3) is 0 Å². The van der Waals surface area contributed by atoms with Gasteiger partial charge in [0.05, 0.1) is 0 Å². The van der Waals surface area contributed by atoms with Gasteiger partial charge in [-0.05, 0) is 26.3 Å². The summed E-state index contributed by atoms with van der Waals surface area (Å²) in [4.78, 5) is 14.3. The minimum absolute atomic E-state index is 0.601. The Kier molecular flexibility index (Phi) is 4.05. The van der Waals surface area contributed by atoms with Crippen LogP contribution in [-0.2, 0) is 0 Å². The molecule has 0 spiro atoms. The highest BCUT2D eigenvalue weighted by Crippen LogP contribution is 2.39. The molecule has 5 heteroatoms. The molecule has 20 heavy (non-hydrogen) atoms. The highest BCUT2D eigenvalue weighted by atomic mass is 15.3. The summed E-state index contributed by atoms with van der Waals surface area (Å²) < 4.78 is 0. The molecule has 1 aromatic rings. The molecule has 1 saturated heterocycles. The number of hydrogen-bond acceptors (Lipinski definition) is 5. The van der Waals surface area contributed by atoms with E-state index in [2.05, 4.69) is 40.1 Å². The summed E-state index contributed by atoms with van der Waals surface area (Å²) in [5, 5.41) is 3.42. The lowest BCUT2D eigenvalue weighted by Crippen LogP contribution is -2.44. The standard InChI is InChI=1S/C15H25N5/c1-3-6-16-13-11-14(18-15(17-13)12-4-5-12)20-9-7-19(2)8-10-20/h11-12H,3-10H2,1-2H3,(H,16,17,18). The second kappa shape index (κ2) is 5.95. The van der Waals surface area contributed by atoms with E-state index < -0.39 is 0 Å². The lowest BCUT2D eigenvalue weighted by atomic mass is 10.3. The topological polar surface area (TPSA) is 44.3 Å². The van der Waals surface area contributed by atoms with Gasteiger partial charge in [-0.25, -0.2) is 9.97 Å². The molecule has 2 heterocycles. The normalized spacial score (nSPS) is 20.2. The Bertz CT molecular complexity index is 450. The molecule has 1 saturated carbocycles. The fourth-order valence-corrected chi connectivity index (χ4v) is 2.52. The number of aromatic nitrogens is 2. The number of nitrogens with zero attached hydrogens (tertiary/aromatic N) is 4. The Labute approximate surface area is 121 Å². The Balaban J connectivity index is 1.79. The van der Waals surface area contributed by atoms with E-state index in [-0.39, 0.29) is 0 Å². The summed E-state index contributed by atoms with van der Waals surface area (Å²) in [6, 6.07) is 2.12. The predicted octanol–water partition coefficient (Wildman–Crippen LogP) is 1.93. The third kappa shape index (κ3) is 3.20. The van der Waals surface area contributed by atoms with Crippen molar-refractivity contribution < 1.29 is 0 Å². The van der Waals surface area contributed by atoms with E-state index in [0.29, 0.717) is 5.92 Å². The fraction of sp³-hybridized carbons (Fsp3) is 0.733. The van der Waals surface area contributed by atoms with Crippen LogP contribution in [0.3, 0.4) is 0 Å². The van der Waals surface area contributed by atoms with Gasteiger partial charge in [0.15, 0.2) is 0 Å². The number of hydrogen-bond donors (Lipinski definition) is 1. The first kappa shape index (κ1) is 13.6. The van der Waals surface area contributed by atoms with E-state index >= 15 is 0 Å². The predicted molar refractivity (Wildman–Crippen MR) is 82.5 cm³/mol. The van der Waals surface area contributed by atoms with E-state index in [1.807, 2.05) is 0 Å². The van der Waals surface area contributed by atoms with E-state index in [4.69, 9.17) is 4.98 Å². The van der Waals surface area contributed by atoms with Crippen LogP contribution in [-0.4, -0.2) is 54.6 Å². The van der Waals surface area contributed by atoms with Crippen molar-refractivity contribution >= 4 is 11.6 Å². The third-order valence-electron chi connectivity index (χ3n) is 4.06. The average Bonchev–Trinajstić information content (AvgIpc) is 3.30. The van der Waals surface area contributed by atoms with Gasteiger partial charge in [0.1, 0.15) is 17.5 Å². The fourth-order valence-electron chi connectivity index (χ4n) is 2.52. The van der Waals surface area contributed by atoms with E-state index in [9.17, 15) is 0 Å².